The van der Waals surface area contributed by atoms with Gasteiger partial charge in [0.2, 0.25) is 0 Å². The summed E-state index contributed by atoms with van der Waals surface area (Å²) in [6, 6.07) is 6.20. The van der Waals surface area contributed by atoms with Crippen molar-refractivity contribution in [1.29, 1.82) is 0 Å². The summed E-state index contributed by atoms with van der Waals surface area (Å²) in [6.07, 6.45) is 3.17. The minimum absolute atomic E-state index is 0.0167. The fraction of sp³-hybridized carbons (Fsp3) is 0.435. The van der Waals surface area contributed by atoms with E-state index in [-0.39, 0.29) is 15.7 Å². The van der Waals surface area contributed by atoms with Gasteiger partial charge in [0, 0.05) is 30.8 Å². The summed E-state index contributed by atoms with van der Waals surface area (Å²) in [5.41, 5.74) is 1.53. The van der Waals surface area contributed by atoms with Crippen molar-refractivity contribution in [1.82, 2.24) is 20.3 Å². The number of fused-ring (bicyclic) bond motifs is 1. The van der Waals surface area contributed by atoms with Gasteiger partial charge in [-0.15, -0.1) is 11.3 Å². The molecule has 35 heavy (non-hydrogen) atoms. The maximum absolute atomic E-state index is 12.9. The summed E-state index contributed by atoms with van der Waals surface area (Å²) in [5.74, 6) is -1.52. The van der Waals surface area contributed by atoms with Crippen molar-refractivity contribution in [3.63, 3.8) is 0 Å². The average Bonchev–Trinajstić information content (AvgIpc) is 3.50. The van der Waals surface area contributed by atoms with E-state index in [0.717, 1.165) is 49.3 Å². The first-order chi connectivity index (χ1) is 16.7. The van der Waals surface area contributed by atoms with Gasteiger partial charge in [0.25, 0.3) is 21.8 Å². The Hall–Kier alpha value is -2.80. The number of hydrogen-bond donors (Lipinski definition) is 4. The van der Waals surface area contributed by atoms with E-state index < -0.39 is 34.5 Å². The number of aliphatic carboxylic acids is 1. The summed E-state index contributed by atoms with van der Waals surface area (Å²) < 4.78 is 26.8. The third-order valence-electron chi connectivity index (χ3n) is 6.34. The first-order valence-corrected chi connectivity index (χ1v) is 13.8. The third-order valence-corrected chi connectivity index (χ3v) is 9.21. The Morgan fingerprint density at radius 1 is 1.23 bits per heavy atom. The zero-order valence-corrected chi connectivity index (χ0v) is 20.7. The van der Waals surface area contributed by atoms with Gasteiger partial charge in [-0.25, -0.2) is 8.42 Å². The monoisotopic (exact) mass is 520 g/mol. The van der Waals surface area contributed by atoms with Gasteiger partial charge in [0.15, 0.2) is 0 Å². The van der Waals surface area contributed by atoms with Crippen LogP contribution in [-0.4, -0.2) is 68.4 Å². The number of hydrogen-bond acceptors (Lipinski definition) is 7. The average molecular weight is 521 g/mol. The van der Waals surface area contributed by atoms with Crippen LogP contribution in [0.5, 0.6) is 0 Å². The van der Waals surface area contributed by atoms with Crippen molar-refractivity contribution in [2.45, 2.75) is 36.1 Å². The molecule has 1 aromatic heterocycles. The second-order valence-electron chi connectivity index (χ2n) is 8.73. The molecule has 2 aliphatic rings. The molecule has 12 heteroatoms. The molecule has 0 radical (unpaired) electrons. The number of nitrogens with one attached hydrogen (secondary N) is 3. The number of rotatable bonds is 10. The number of piperidine rings is 1. The molecule has 2 aliphatic heterocycles. The van der Waals surface area contributed by atoms with Crippen molar-refractivity contribution >= 4 is 39.1 Å². The molecule has 3 heterocycles. The van der Waals surface area contributed by atoms with Crippen LogP contribution in [0.25, 0.3) is 0 Å². The van der Waals surface area contributed by atoms with Crippen LogP contribution in [0.1, 0.15) is 45.5 Å². The van der Waals surface area contributed by atoms with Crippen LogP contribution in [0, 0.1) is 5.92 Å². The summed E-state index contributed by atoms with van der Waals surface area (Å²) in [5, 5.41) is 16.8. The molecular weight excluding hydrogens is 492 g/mol. The Kier molecular flexibility index (Phi) is 7.85. The van der Waals surface area contributed by atoms with Gasteiger partial charge in [-0.05, 0) is 67.4 Å². The molecule has 188 valence electrons. The van der Waals surface area contributed by atoms with Gasteiger partial charge in [0.05, 0.1) is 0 Å². The first-order valence-electron chi connectivity index (χ1n) is 11.4. The highest BCUT2D eigenvalue weighted by Gasteiger charge is 2.30. The van der Waals surface area contributed by atoms with E-state index in [1.807, 2.05) is 0 Å². The number of benzene rings is 1. The van der Waals surface area contributed by atoms with Gasteiger partial charge < -0.3 is 20.6 Å². The molecule has 1 atom stereocenters. The SMILES string of the molecule is O=C(NC[C@H](NS(=O)(=O)c1cccs1)C(=O)O)c1ccc2c(c1)C(=O)N(CCC1CCNCC1)C2. The van der Waals surface area contributed by atoms with E-state index in [0.29, 0.717) is 24.6 Å². The van der Waals surface area contributed by atoms with Crippen molar-refractivity contribution in [3.8, 4) is 0 Å². The molecule has 4 N–H and O–H groups in total. The Morgan fingerprint density at radius 3 is 2.69 bits per heavy atom. The zero-order valence-electron chi connectivity index (χ0n) is 19.0. The molecule has 0 saturated carbocycles. The lowest BCUT2D eigenvalue weighted by Gasteiger charge is -2.25. The molecule has 0 spiro atoms. The van der Waals surface area contributed by atoms with Gasteiger partial charge in [-0.2, -0.15) is 4.72 Å². The molecule has 2 aromatic rings. The quantitative estimate of drug-likeness (QED) is 0.369. The number of sulfonamides is 1. The molecule has 0 unspecified atom stereocenters. The zero-order chi connectivity index (χ0) is 25.0. The maximum Gasteiger partial charge on any atom is 0.323 e. The normalized spacial score (nSPS) is 17.3. The van der Waals surface area contributed by atoms with Gasteiger partial charge in [0.1, 0.15) is 10.3 Å². The van der Waals surface area contributed by atoms with Gasteiger partial charge in [-0.3, -0.25) is 14.4 Å². The van der Waals surface area contributed by atoms with Crippen LogP contribution in [0.3, 0.4) is 0 Å². The van der Waals surface area contributed by atoms with Crippen molar-refractivity contribution in [3.05, 3.63) is 52.4 Å². The highest BCUT2D eigenvalue weighted by molar-refractivity contribution is 7.91. The number of nitrogens with zero attached hydrogens (tertiary/aromatic N) is 1. The lowest BCUT2D eigenvalue weighted by atomic mass is 9.94. The van der Waals surface area contributed by atoms with E-state index in [1.54, 1.807) is 28.5 Å². The third kappa shape index (κ3) is 6.07. The van der Waals surface area contributed by atoms with Crippen LogP contribution in [0.15, 0.2) is 39.9 Å². The lowest BCUT2D eigenvalue weighted by molar-refractivity contribution is -0.138. The van der Waals surface area contributed by atoms with Crippen LogP contribution < -0.4 is 15.4 Å². The minimum atomic E-state index is -4.03. The highest BCUT2D eigenvalue weighted by atomic mass is 32.2. The smallest absolute Gasteiger partial charge is 0.323 e. The summed E-state index contributed by atoms with van der Waals surface area (Å²) in [7, 11) is -4.03. The van der Waals surface area contributed by atoms with Gasteiger partial charge >= 0.3 is 5.97 Å². The van der Waals surface area contributed by atoms with E-state index in [4.69, 9.17) is 0 Å². The molecule has 1 fully saturated rings. The van der Waals surface area contributed by atoms with Gasteiger partial charge in [-0.1, -0.05) is 12.1 Å². The standard InChI is InChI=1S/C23H28N4O6S2/c28-21(25-13-19(23(30)31)26-35(32,33)20-2-1-11-34-20)16-3-4-17-14-27(22(29)18(17)12-16)10-7-15-5-8-24-9-6-15/h1-4,11-12,15,19,24,26H,5-10,13-14H2,(H,25,28)(H,30,31)/t19-/m0/s1. The molecule has 0 bridgehead atoms. The second-order valence-corrected chi connectivity index (χ2v) is 11.6. The summed E-state index contributed by atoms with van der Waals surface area (Å²) in [6.45, 7) is 2.74. The molecule has 10 nitrogen and oxygen atoms in total. The number of carbonyl (C=O) groups is 3. The van der Waals surface area contributed by atoms with Crippen LogP contribution >= 0.6 is 11.3 Å². The van der Waals surface area contributed by atoms with Crippen LogP contribution in [0.4, 0.5) is 0 Å². The summed E-state index contributed by atoms with van der Waals surface area (Å²) >= 11 is 0.958. The largest absolute Gasteiger partial charge is 0.480 e. The Morgan fingerprint density at radius 2 is 2.00 bits per heavy atom. The number of carbonyl (C=O) groups excluding carboxylic acids is 2. The fourth-order valence-electron chi connectivity index (χ4n) is 4.33. The lowest BCUT2D eigenvalue weighted by Crippen LogP contribution is -2.48. The molecule has 1 aromatic carbocycles. The number of thiophene rings is 1. The number of amides is 2. The highest BCUT2D eigenvalue weighted by Crippen LogP contribution is 2.26. The molecular formula is C23H28N4O6S2. The van der Waals surface area contributed by atoms with E-state index in [2.05, 4.69) is 15.4 Å². The van der Waals surface area contributed by atoms with Crippen LogP contribution in [0.2, 0.25) is 0 Å². The van der Waals surface area contributed by atoms with Crippen LogP contribution in [-0.2, 0) is 21.4 Å². The second kappa shape index (κ2) is 10.9. The van der Waals surface area contributed by atoms with E-state index >= 15 is 0 Å². The predicted molar refractivity (Wildman–Crippen MR) is 130 cm³/mol. The Labute approximate surface area is 207 Å². The Bertz CT molecular complexity index is 1190. The van der Waals surface area contributed by atoms with Crippen molar-refractivity contribution < 1.29 is 27.9 Å². The molecule has 1 saturated heterocycles. The molecule has 2 amide bonds. The topological polar surface area (TPSA) is 145 Å². The maximum atomic E-state index is 12.9. The van der Waals surface area contributed by atoms with E-state index in [9.17, 15) is 27.9 Å². The number of carboxylic acid groups (broad SMARTS) is 1. The van der Waals surface area contributed by atoms with Crippen molar-refractivity contribution in [2.24, 2.45) is 5.92 Å². The molecule has 0 aliphatic carbocycles. The predicted octanol–water partition coefficient (Wildman–Crippen LogP) is 1.26. The fourth-order valence-corrected chi connectivity index (χ4v) is 6.53. The number of carboxylic acids is 1. The van der Waals surface area contributed by atoms with Crippen molar-refractivity contribution in [2.75, 3.05) is 26.2 Å². The first kappa shape index (κ1) is 25.3. The molecule has 4 rings (SSSR count). The minimum Gasteiger partial charge on any atom is -0.480 e. The summed E-state index contributed by atoms with van der Waals surface area (Å²) in [4.78, 5) is 38.9. The van der Waals surface area contributed by atoms with E-state index in [1.165, 1.54) is 12.1 Å². The Balaban J connectivity index is 1.35.